The molecule has 2 heterocycles. The summed E-state index contributed by atoms with van der Waals surface area (Å²) in [6, 6.07) is 8.34. The van der Waals surface area contributed by atoms with E-state index in [9.17, 15) is 19.6 Å². The van der Waals surface area contributed by atoms with Crippen LogP contribution < -0.4 is 10.1 Å². The normalized spacial score (nSPS) is 25.9. The van der Waals surface area contributed by atoms with Crippen LogP contribution in [-0.4, -0.2) is 22.6 Å². The van der Waals surface area contributed by atoms with E-state index >= 15 is 0 Å². The number of thiophene rings is 1. The van der Waals surface area contributed by atoms with Crippen LogP contribution in [0.1, 0.15) is 53.4 Å². The maximum Gasteiger partial charge on any atom is 0.270 e. The van der Waals surface area contributed by atoms with Crippen LogP contribution in [0.2, 0.25) is 0 Å². The average Bonchev–Trinajstić information content (AvgIpc) is 3.39. The molecule has 5 rings (SSSR count). The monoisotopic (exact) mass is 436 g/mol. The number of Topliss-reactive ketones (excluding diaryl/α,β-unsaturated/α-hetero) is 1. The van der Waals surface area contributed by atoms with Crippen LogP contribution in [0.15, 0.2) is 58.8 Å². The number of carbonyl (C=O) groups excluding carboxylic acids is 2. The van der Waals surface area contributed by atoms with Gasteiger partial charge in [0, 0.05) is 16.7 Å². The van der Waals surface area contributed by atoms with Gasteiger partial charge in [0.1, 0.15) is 5.75 Å². The number of fused-ring (bicyclic) bond motifs is 5. The predicted octanol–water partition coefficient (Wildman–Crippen LogP) is 4.21. The van der Waals surface area contributed by atoms with Crippen molar-refractivity contribution in [1.29, 1.82) is 0 Å². The first-order chi connectivity index (χ1) is 14.8. The van der Waals surface area contributed by atoms with Crippen molar-refractivity contribution < 1.29 is 19.4 Å². The zero-order valence-corrected chi connectivity index (χ0v) is 17.8. The molecule has 7 nitrogen and oxygen atoms in total. The van der Waals surface area contributed by atoms with E-state index in [-0.39, 0.29) is 15.8 Å². The molecule has 1 fully saturated rings. The first-order valence-electron chi connectivity index (χ1n) is 10.1. The quantitative estimate of drug-likeness (QED) is 0.699. The molecule has 2 aliphatic carbocycles. The number of rotatable bonds is 4. The molecule has 158 valence electrons. The summed E-state index contributed by atoms with van der Waals surface area (Å²) in [5.41, 5.74) is 0.348. The van der Waals surface area contributed by atoms with Crippen LogP contribution in [0.4, 0.5) is 5.00 Å². The lowest BCUT2D eigenvalue weighted by Crippen LogP contribution is -2.61. The number of allylic oxidation sites excluding steroid dienone is 2. The van der Waals surface area contributed by atoms with Gasteiger partial charge in [0.15, 0.2) is 10.8 Å². The Morgan fingerprint density at radius 2 is 2.00 bits per heavy atom. The van der Waals surface area contributed by atoms with E-state index in [1.165, 1.54) is 12.1 Å². The van der Waals surface area contributed by atoms with E-state index in [2.05, 4.69) is 10.5 Å². The molecule has 1 aliphatic heterocycles. The summed E-state index contributed by atoms with van der Waals surface area (Å²) in [5.74, 6) is -2.46. The number of ether oxygens (including phenoxy) is 1. The molecular weight excluding hydrogens is 416 g/mol. The first kappa shape index (κ1) is 19.8. The Morgan fingerprint density at radius 3 is 2.71 bits per heavy atom. The molecule has 0 radical (unpaired) electrons. The van der Waals surface area contributed by atoms with Gasteiger partial charge in [-0.05, 0) is 47.7 Å². The predicted molar refractivity (Wildman–Crippen MR) is 115 cm³/mol. The van der Waals surface area contributed by atoms with Gasteiger partial charge >= 0.3 is 0 Å². The summed E-state index contributed by atoms with van der Waals surface area (Å²) in [5, 5.41) is 17.6. The Morgan fingerprint density at radius 1 is 1.23 bits per heavy atom. The second-order valence-electron chi connectivity index (χ2n) is 8.23. The first-order valence-corrected chi connectivity index (χ1v) is 10.9. The Bertz CT molecular complexity index is 1210. The van der Waals surface area contributed by atoms with Crippen molar-refractivity contribution in [2.45, 2.75) is 43.9 Å². The number of aliphatic hydroxyl groups is 1. The van der Waals surface area contributed by atoms with E-state index < -0.39 is 23.0 Å². The van der Waals surface area contributed by atoms with Crippen LogP contribution in [0.5, 0.6) is 5.75 Å². The smallest absolute Gasteiger partial charge is 0.270 e. The number of benzene rings is 1. The third-order valence-electron chi connectivity index (χ3n) is 6.15. The summed E-state index contributed by atoms with van der Waals surface area (Å²) in [6.45, 7) is 4.07. The van der Waals surface area contributed by atoms with E-state index in [0.717, 1.165) is 16.9 Å². The van der Waals surface area contributed by atoms with Gasteiger partial charge in [-0.2, -0.15) is 0 Å². The fourth-order valence-corrected chi connectivity index (χ4v) is 5.27. The van der Waals surface area contributed by atoms with E-state index in [1.54, 1.807) is 18.2 Å². The van der Waals surface area contributed by atoms with E-state index in [1.807, 2.05) is 26.0 Å². The molecule has 0 bridgehead atoms. The fourth-order valence-electron chi connectivity index (χ4n) is 4.60. The van der Waals surface area contributed by atoms with E-state index in [0.29, 0.717) is 35.3 Å². The molecule has 1 amide bonds. The topological polar surface area (TPSA) is 105 Å². The molecule has 2 N–H and O–H groups in total. The van der Waals surface area contributed by atoms with Crippen LogP contribution in [0.25, 0.3) is 0 Å². The molecule has 8 heteroatoms. The van der Waals surface area contributed by atoms with Crippen molar-refractivity contribution in [3.8, 4) is 5.75 Å². The summed E-state index contributed by atoms with van der Waals surface area (Å²) in [7, 11) is 0. The van der Waals surface area contributed by atoms with Crippen LogP contribution in [-0.2, 0) is 10.3 Å². The van der Waals surface area contributed by atoms with Gasteiger partial charge < -0.3 is 15.2 Å². The minimum Gasteiger partial charge on any atom is -0.454 e. The highest BCUT2D eigenvalue weighted by molar-refractivity contribution is 7.17. The summed E-state index contributed by atoms with van der Waals surface area (Å²) < 4.78 is 6.06. The average molecular weight is 436 g/mol. The minimum atomic E-state index is -2.05. The Hall–Kier alpha value is -3.10. The molecule has 31 heavy (non-hydrogen) atoms. The molecular formula is C23H20N2O5S. The van der Waals surface area contributed by atoms with Gasteiger partial charge in [0.25, 0.3) is 11.7 Å². The van der Waals surface area contributed by atoms with Gasteiger partial charge in [-0.15, -0.1) is 16.2 Å². The number of amides is 1. The van der Waals surface area contributed by atoms with Crippen molar-refractivity contribution in [3.63, 3.8) is 0 Å². The van der Waals surface area contributed by atoms with Crippen LogP contribution in [0, 0.1) is 4.91 Å². The lowest BCUT2D eigenvalue weighted by atomic mass is 9.83. The zero-order chi connectivity index (χ0) is 22.0. The van der Waals surface area contributed by atoms with Crippen molar-refractivity contribution in [1.82, 2.24) is 5.32 Å². The highest BCUT2D eigenvalue weighted by Gasteiger charge is 2.73. The summed E-state index contributed by atoms with van der Waals surface area (Å²) >= 11 is 0.914. The van der Waals surface area contributed by atoms with Gasteiger partial charge in [-0.1, -0.05) is 38.1 Å². The molecule has 2 atom stereocenters. The lowest BCUT2D eigenvalue weighted by Gasteiger charge is -2.34. The number of hydrogen-bond donors (Lipinski definition) is 2. The van der Waals surface area contributed by atoms with Gasteiger partial charge in [0.05, 0.1) is 4.88 Å². The fraction of sp³-hybridized carbons (Fsp3) is 0.304. The molecule has 1 aromatic carbocycles. The molecule has 1 aromatic heterocycles. The molecule has 2 aromatic rings. The number of ketones is 1. The Kier molecular flexibility index (Phi) is 4.29. The van der Waals surface area contributed by atoms with Crippen molar-refractivity contribution >= 4 is 28.0 Å². The summed E-state index contributed by atoms with van der Waals surface area (Å²) in [6.07, 6.45) is 4.92. The van der Waals surface area contributed by atoms with Crippen molar-refractivity contribution in [2.75, 3.05) is 0 Å². The standard InChI is InChI=1S/C23H20N2O5S/c1-12(2)13-7-8-16-17(11-13)30-23(28)15-6-4-3-5-14(15)20(26)22(16,23)24-21(27)18-9-10-19(25-29)31-18/h5-12,28H,3-4H2,1-2H3,(H,24,27). The number of nitrogens with zero attached hydrogens (tertiary/aromatic N) is 1. The number of nitrogens with one attached hydrogen (secondary N) is 1. The second-order valence-corrected chi connectivity index (χ2v) is 9.29. The van der Waals surface area contributed by atoms with Crippen molar-refractivity contribution in [2.24, 2.45) is 5.18 Å². The number of hydrogen-bond acceptors (Lipinski definition) is 7. The Balaban J connectivity index is 1.69. The lowest BCUT2D eigenvalue weighted by molar-refractivity contribution is -0.152. The third kappa shape index (κ3) is 2.55. The van der Waals surface area contributed by atoms with Gasteiger partial charge in [-0.25, -0.2) is 0 Å². The van der Waals surface area contributed by atoms with Crippen LogP contribution >= 0.6 is 11.3 Å². The zero-order valence-electron chi connectivity index (χ0n) is 17.0. The second kappa shape index (κ2) is 6.70. The summed E-state index contributed by atoms with van der Waals surface area (Å²) in [4.78, 5) is 37.9. The minimum absolute atomic E-state index is 0.152. The highest BCUT2D eigenvalue weighted by Crippen LogP contribution is 2.59. The van der Waals surface area contributed by atoms with E-state index in [4.69, 9.17) is 4.74 Å². The molecule has 2 unspecified atom stereocenters. The molecule has 0 spiro atoms. The number of carbonyl (C=O) groups is 2. The van der Waals surface area contributed by atoms with Crippen molar-refractivity contribution in [3.05, 3.63) is 74.5 Å². The number of nitroso groups, excluding NO2 is 1. The maximum absolute atomic E-state index is 13.7. The molecule has 1 saturated carbocycles. The SMILES string of the molecule is CC(C)c1ccc2c(c1)OC1(O)C3=CCCC=C3C(=O)C21NC(=O)c1ccc(N=O)s1. The van der Waals surface area contributed by atoms with Gasteiger partial charge in [-0.3, -0.25) is 9.59 Å². The van der Waals surface area contributed by atoms with Crippen LogP contribution in [0.3, 0.4) is 0 Å². The van der Waals surface area contributed by atoms with Gasteiger partial charge in [0.2, 0.25) is 5.54 Å². The Labute approximate surface area is 182 Å². The molecule has 3 aliphatic rings. The largest absolute Gasteiger partial charge is 0.454 e. The highest BCUT2D eigenvalue weighted by atomic mass is 32.1. The maximum atomic E-state index is 13.7. The third-order valence-corrected chi connectivity index (χ3v) is 7.11. The molecule has 0 saturated heterocycles.